The van der Waals surface area contributed by atoms with Gasteiger partial charge in [-0.25, -0.2) is 0 Å². The lowest BCUT2D eigenvalue weighted by Crippen LogP contribution is -2.14. The van der Waals surface area contributed by atoms with Crippen molar-refractivity contribution in [2.24, 2.45) is 0 Å². The number of phenols is 1. The normalized spacial score (nSPS) is 11.3. The molecular formula is C15H11ClF3NO2. The number of anilines is 1. The van der Waals surface area contributed by atoms with E-state index in [-0.39, 0.29) is 17.0 Å². The Hall–Kier alpha value is -2.21. The number of carbonyl (C=O) groups excluding carboxylic acids is 1. The summed E-state index contributed by atoms with van der Waals surface area (Å²) in [6.45, 7) is 0. The molecule has 22 heavy (non-hydrogen) atoms. The molecule has 0 heterocycles. The van der Waals surface area contributed by atoms with E-state index in [1.807, 2.05) is 0 Å². The lowest BCUT2D eigenvalue weighted by atomic mass is 10.00. The molecule has 0 saturated carbocycles. The number of rotatable bonds is 3. The standard InChI is InChI=1S/C15H11ClF3NO2/c16-8-14(22)20-12-7-9(15(17,18)19)5-6-10(12)11-3-1-2-4-13(11)21/h1-7,21H,8H2,(H,20,22). The Balaban J connectivity index is 2.58. The first-order chi connectivity index (χ1) is 10.3. The largest absolute Gasteiger partial charge is 0.507 e. The number of amides is 1. The molecule has 0 saturated heterocycles. The molecule has 0 radical (unpaired) electrons. The van der Waals surface area contributed by atoms with Crippen LogP contribution in [0.25, 0.3) is 11.1 Å². The summed E-state index contributed by atoms with van der Waals surface area (Å²) in [4.78, 5) is 11.4. The average molecular weight is 330 g/mol. The van der Waals surface area contributed by atoms with Gasteiger partial charge in [0.2, 0.25) is 5.91 Å². The fourth-order valence-corrected chi connectivity index (χ4v) is 2.01. The first-order valence-corrected chi connectivity index (χ1v) is 6.72. The van der Waals surface area contributed by atoms with E-state index in [1.165, 1.54) is 18.2 Å². The molecule has 7 heteroatoms. The van der Waals surface area contributed by atoms with Crippen molar-refractivity contribution >= 4 is 23.2 Å². The highest BCUT2D eigenvalue weighted by Gasteiger charge is 2.31. The van der Waals surface area contributed by atoms with Crippen LogP contribution in [-0.4, -0.2) is 16.9 Å². The zero-order valence-electron chi connectivity index (χ0n) is 11.1. The lowest BCUT2D eigenvalue weighted by Gasteiger charge is -2.15. The van der Waals surface area contributed by atoms with Crippen LogP contribution in [0.15, 0.2) is 42.5 Å². The molecule has 1 amide bonds. The molecule has 0 aromatic heterocycles. The second-order valence-corrected chi connectivity index (χ2v) is 4.72. The summed E-state index contributed by atoms with van der Waals surface area (Å²) in [6, 6.07) is 9.04. The Bertz CT molecular complexity index is 701. The van der Waals surface area contributed by atoms with Gasteiger partial charge in [-0.05, 0) is 18.2 Å². The molecule has 2 N–H and O–H groups in total. The molecule has 0 atom stereocenters. The molecule has 0 aliphatic carbocycles. The number of phenolic OH excluding ortho intramolecular Hbond substituents is 1. The zero-order chi connectivity index (χ0) is 16.3. The zero-order valence-corrected chi connectivity index (χ0v) is 11.9. The van der Waals surface area contributed by atoms with Gasteiger partial charge in [0, 0.05) is 16.8 Å². The lowest BCUT2D eigenvalue weighted by molar-refractivity contribution is -0.137. The molecule has 2 aromatic carbocycles. The Morgan fingerprint density at radius 1 is 1.14 bits per heavy atom. The molecule has 0 aliphatic heterocycles. The van der Waals surface area contributed by atoms with Crippen molar-refractivity contribution in [3.05, 3.63) is 48.0 Å². The number of alkyl halides is 4. The summed E-state index contributed by atoms with van der Waals surface area (Å²) in [5.74, 6) is -1.14. The van der Waals surface area contributed by atoms with Gasteiger partial charge >= 0.3 is 6.18 Å². The minimum Gasteiger partial charge on any atom is -0.507 e. The molecule has 116 valence electrons. The molecule has 3 nitrogen and oxygen atoms in total. The third kappa shape index (κ3) is 3.51. The van der Waals surface area contributed by atoms with Crippen LogP contribution in [0.1, 0.15) is 5.56 Å². The van der Waals surface area contributed by atoms with E-state index < -0.39 is 23.5 Å². The van der Waals surface area contributed by atoms with Crippen LogP contribution < -0.4 is 5.32 Å². The highest BCUT2D eigenvalue weighted by Crippen LogP contribution is 2.38. The van der Waals surface area contributed by atoms with Crippen LogP contribution in [-0.2, 0) is 11.0 Å². The summed E-state index contributed by atoms with van der Waals surface area (Å²) >= 11 is 5.38. The number of aromatic hydroxyl groups is 1. The maximum atomic E-state index is 12.8. The fraction of sp³-hybridized carbons (Fsp3) is 0.133. The highest BCUT2D eigenvalue weighted by atomic mass is 35.5. The Kier molecular flexibility index (Phi) is 4.61. The van der Waals surface area contributed by atoms with E-state index in [0.717, 1.165) is 12.1 Å². The van der Waals surface area contributed by atoms with Crippen LogP contribution in [0.2, 0.25) is 0 Å². The van der Waals surface area contributed by atoms with E-state index in [9.17, 15) is 23.1 Å². The van der Waals surface area contributed by atoms with E-state index in [2.05, 4.69) is 5.32 Å². The maximum absolute atomic E-state index is 12.8. The van der Waals surface area contributed by atoms with Crippen molar-refractivity contribution in [3.63, 3.8) is 0 Å². The van der Waals surface area contributed by atoms with Crippen LogP contribution in [0, 0.1) is 0 Å². The predicted octanol–water partition coefficient (Wildman–Crippen LogP) is 4.26. The number of hydrogen-bond donors (Lipinski definition) is 2. The van der Waals surface area contributed by atoms with Gasteiger partial charge in [0.25, 0.3) is 0 Å². The van der Waals surface area contributed by atoms with E-state index in [4.69, 9.17) is 11.6 Å². The number of halogens is 4. The topological polar surface area (TPSA) is 49.3 Å². The SMILES string of the molecule is O=C(CCl)Nc1cc(C(F)(F)F)ccc1-c1ccccc1O. The first kappa shape index (κ1) is 16.2. The van der Waals surface area contributed by atoms with Crippen molar-refractivity contribution in [1.29, 1.82) is 0 Å². The van der Waals surface area contributed by atoms with Gasteiger partial charge in [-0.2, -0.15) is 13.2 Å². The van der Waals surface area contributed by atoms with Gasteiger partial charge in [0.1, 0.15) is 11.6 Å². The predicted molar refractivity (Wildman–Crippen MR) is 77.9 cm³/mol. The third-order valence-electron chi connectivity index (χ3n) is 2.94. The number of nitrogens with one attached hydrogen (secondary N) is 1. The van der Waals surface area contributed by atoms with E-state index in [0.29, 0.717) is 5.56 Å². The Morgan fingerprint density at radius 3 is 2.41 bits per heavy atom. The molecule has 2 aromatic rings. The van der Waals surface area contributed by atoms with Gasteiger partial charge in [0.15, 0.2) is 0 Å². The van der Waals surface area contributed by atoms with E-state index >= 15 is 0 Å². The van der Waals surface area contributed by atoms with Gasteiger partial charge in [-0.15, -0.1) is 11.6 Å². The monoisotopic (exact) mass is 329 g/mol. The summed E-state index contributed by atoms with van der Waals surface area (Å²) in [5, 5.41) is 12.2. The number of para-hydroxylation sites is 1. The third-order valence-corrected chi connectivity index (χ3v) is 3.18. The highest BCUT2D eigenvalue weighted by molar-refractivity contribution is 6.29. The van der Waals surface area contributed by atoms with Gasteiger partial charge in [-0.3, -0.25) is 4.79 Å². The second-order valence-electron chi connectivity index (χ2n) is 4.46. The second kappa shape index (κ2) is 6.27. The van der Waals surface area contributed by atoms with Crippen LogP contribution in [0.3, 0.4) is 0 Å². The van der Waals surface area contributed by atoms with Crippen molar-refractivity contribution in [1.82, 2.24) is 0 Å². The Labute approximate surface area is 129 Å². The number of benzene rings is 2. The van der Waals surface area contributed by atoms with Crippen molar-refractivity contribution in [3.8, 4) is 16.9 Å². The summed E-state index contributed by atoms with van der Waals surface area (Å²) < 4.78 is 38.4. The molecule has 2 rings (SSSR count). The molecule has 0 unspecified atom stereocenters. The fourth-order valence-electron chi connectivity index (χ4n) is 1.94. The molecular weight excluding hydrogens is 319 g/mol. The maximum Gasteiger partial charge on any atom is 0.416 e. The molecule has 0 spiro atoms. The number of carbonyl (C=O) groups is 1. The van der Waals surface area contributed by atoms with Crippen LogP contribution in [0.5, 0.6) is 5.75 Å². The Morgan fingerprint density at radius 2 is 1.82 bits per heavy atom. The van der Waals surface area contributed by atoms with E-state index in [1.54, 1.807) is 12.1 Å². The van der Waals surface area contributed by atoms with Gasteiger partial charge < -0.3 is 10.4 Å². The van der Waals surface area contributed by atoms with Crippen LogP contribution in [0.4, 0.5) is 18.9 Å². The average Bonchev–Trinajstić information content (AvgIpc) is 2.47. The van der Waals surface area contributed by atoms with Gasteiger partial charge in [-0.1, -0.05) is 24.3 Å². The minimum absolute atomic E-state index is 0.0676. The minimum atomic E-state index is -4.54. The quantitative estimate of drug-likeness (QED) is 0.827. The summed E-state index contributed by atoms with van der Waals surface area (Å²) in [6.07, 6.45) is -4.54. The smallest absolute Gasteiger partial charge is 0.416 e. The first-order valence-electron chi connectivity index (χ1n) is 6.18. The van der Waals surface area contributed by atoms with Crippen molar-refractivity contribution < 1.29 is 23.1 Å². The molecule has 0 bridgehead atoms. The molecule has 0 aliphatic rings. The van der Waals surface area contributed by atoms with Crippen molar-refractivity contribution in [2.45, 2.75) is 6.18 Å². The molecule has 0 fully saturated rings. The summed E-state index contributed by atoms with van der Waals surface area (Å²) in [7, 11) is 0. The van der Waals surface area contributed by atoms with Crippen molar-refractivity contribution in [2.75, 3.05) is 11.2 Å². The number of hydrogen-bond acceptors (Lipinski definition) is 2. The van der Waals surface area contributed by atoms with Crippen LogP contribution >= 0.6 is 11.6 Å². The van der Waals surface area contributed by atoms with Gasteiger partial charge in [0.05, 0.1) is 5.56 Å². The summed E-state index contributed by atoms with van der Waals surface area (Å²) in [5.41, 5.74) is -0.399.